The molecule has 1 unspecified atom stereocenters. The summed E-state index contributed by atoms with van der Waals surface area (Å²) in [6, 6.07) is 9.16. The number of rotatable bonds is 3. The molecule has 15 heavy (non-hydrogen) atoms. The molecule has 3 heteroatoms. The molecular formula is C12H13NO2. The highest BCUT2D eigenvalue weighted by molar-refractivity contribution is 5.98. The molecule has 1 aromatic carbocycles. The van der Waals surface area contributed by atoms with E-state index in [1.165, 1.54) is 0 Å². The Morgan fingerprint density at radius 2 is 2.00 bits per heavy atom. The largest absolute Gasteiger partial charge is 0.350 e. The summed E-state index contributed by atoms with van der Waals surface area (Å²) in [5.41, 5.74) is 0.379. The molecule has 0 spiro atoms. The molecule has 0 radical (unpaired) electrons. The van der Waals surface area contributed by atoms with E-state index in [-0.39, 0.29) is 17.2 Å². The van der Waals surface area contributed by atoms with Gasteiger partial charge in [0.25, 0.3) is 0 Å². The highest BCUT2D eigenvalue weighted by Crippen LogP contribution is 2.24. The van der Waals surface area contributed by atoms with E-state index in [1.807, 2.05) is 25.1 Å². The molecule has 1 fully saturated rings. The number of amides is 1. The van der Waals surface area contributed by atoms with Gasteiger partial charge in [0.15, 0.2) is 5.78 Å². The molecule has 1 amide bonds. The van der Waals surface area contributed by atoms with Gasteiger partial charge in [-0.1, -0.05) is 30.3 Å². The summed E-state index contributed by atoms with van der Waals surface area (Å²) in [5.74, 6) is 0.108. The maximum Gasteiger partial charge on any atom is 0.222 e. The first-order chi connectivity index (χ1) is 7.09. The second kappa shape index (κ2) is 3.50. The first-order valence-corrected chi connectivity index (χ1v) is 4.98. The number of hydrogen-bond acceptors (Lipinski definition) is 2. The lowest BCUT2D eigenvalue weighted by atomic mass is 9.83. The summed E-state index contributed by atoms with van der Waals surface area (Å²) >= 11 is 0. The third kappa shape index (κ3) is 2.06. The summed E-state index contributed by atoms with van der Waals surface area (Å²) in [7, 11) is 0. The number of nitrogens with one attached hydrogen (secondary N) is 1. The van der Waals surface area contributed by atoms with E-state index < -0.39 is 0 Å². The third-order valence-electron chi connectivity index (χ3n) is 2.64. The minimum Gasteiger partial charge on any atom is -0.350 e. The SMILES string of the molecule is CC1(CC(=O)c2ccccc2)CC(=O)N1. The number of Topliss-reactive ketones (excluding diaryl/α,β-unsaturated/α-hetero) is 1. The second-order valence-corrected chi connectivity index (χ2v) is 4.25. The highest BCUT2D eigenvalue weighted by atomic mass is 16.2. The van der Waals surface area contributed by atoms with E-state index >= 15 is 0 Å². The van der Waals surface area contributed by atoms with Crippen LogP contribution in [0.5, 0.6) is 0 Å². The van der Waals surface area contributed by atoms with Crippen LogP contribution in [0.4, 0.5) is 0 Å². The Morgan fingerprint density at radius 1 is 1.40 bits per heavy atom. The topological polar surface area (TPSA) is 46.2 Å². The third-order valence-corrected chi connectivity index (χ3v) is 2.64. The summed E-state index contributed by atoms with van der Waals surface area (Å²) in [6.45, 7) is 1.90. The first-order valence-electron chi connectivity index (χ1n) is 4.98. The molecule has 1 saturated heterocycles. The van der Waals surface area contributed by atoms with Crippen molar-refractivity contribution >= 4 is 11.7 Å². The van der Waals surface area contributed by atoms with Gasteiger partial charge in [0.1, 0.15) is 0 Å². The Labute approximate surface area is 88.5 Å². The van der Waals surface area contributed by atoms with E-state index in [2.05, 4.69) is 5.32 Å². The molecular weight excluding hydrogens is 190 g/mol. The molecule has 1 N–H and O–H groups in total. The maximum absolute atomic E-state index is 11.8. The van der Waals surface area contributed by atoms with Crippen LogP contribution in [0.15, 0.2) is 30.3 Å². The van der Waals surface area contributed by atoms with Crippen LogP contribution in [0, 0.1) is 0 Å². The van der Waals surface area contributed by atoms with E-state index in [0.29, 0.717) is 18.4 Å². The second-order valence-electron chi connectivity index (χ2n) is 4.25. The van der Waals surface area contributed by atoms with Gasteiger partial charge in [-0.05, 0) is 6.92 Å². The molecule has 1 aliphatic heterocycles. The Morgan fingerprint density at radius 3 is 2.53 bits per heavy atom. The first kappa shape index (κ1) is 9.90. The Bertz CT molecular complexity index is 389. The van der Waals surface area contributed by atoms with Gasteiger partial charge in [0.05, 0.1) is 5.54 Å². The van der Waals surface area contributed by atoms with Crippen molar-refractivity contribution in [2.75, 3.05) is 0 Å². The van der Waals surface area contributed by atoms with Crippen molar-refractivity contribution in [2.24, 2.45) is 0 Å². The molecule has 0 aliphatic carbocycles. The zero-order chi connectivity index (χ0) is 10.9. The molecule has 0 saturated carbocycles. The molecule has 1 aromatic rings. The van der Waals surface area contributed by atoms with E-state index in [0.717, 1.165) is 0 Å². The number of β-lactam (4-membered cyclic amide) rings is 1. The number of carbonyl (C=O) groups excluding carboxylic acids is 2. The Hall–Kier alpha value is -1.64. The Balaban J connectivity index is 2.02. The monoisotopic (exact) mass is 203 g/mol. The predicted molar refractivity (Wildman–Crippen MR) is 56.6 cm³/mol. The van der Waals surface area contributed by atoms with Gasteiger partial charge in [-0.2, -0.15) is 0 Å². The van der Waals surface area contributed by atoms with Crippen molar-refractivity contribution in [1.82, 2.24) is 5.32 Å². The lowest BCUT2D eigenvalue weighted by Crippen LogP contribution is -2.59. The zero-order valence-corrected chi connectivity index (χ0v) is 8.62. The smallest absolute Gasteiger partial charge is 0.222 e. The quantitative estimate of drug-likeness (QED) is 0.598. The number of benzene rings is 1. The van der Waals surface area contributed by atoms with Gasteiger partial charge < -0.3 is 5.32 Å². The lowest BCUT2D eigenvalue weighted by molar-refractivity contribution is -0.131. The molecule has 1 heterocycles. The maximum atomic E-state index is 11.8. The van der Waals surface area contributed by atoms with Crippen LogP contribution in [0.1, 0.15) is 30.1 Å². The average Bonchev–Trinajstić information content (AvgIpc) is 2.17. The van der Waals surface area contributed by atoms with Gasteiger partial charge in [0.2, 0.25) is 5.91 Å². The lowest BCUT2D eigenvalue weighted by Gasteiger charge is -2.38. The molecule has 3 nitrogen and oxygen atoms in total. The molecule has 0 bridgehead atoms. The van der Waals surface area contributed by atoms with Crippen LogP contribution in [0.25, 0.3) is 0 Å². The van der Waals surface area contributed by atoms with Crippen LogP contribution in [0.2, 0.25) is 0 Å². The summed E-state index contributed by atoms with van der Waals surface area (Å²) < 4.78 is 0. The molecule has 1 aliphatic rings. The van der Waals surface area contributed by atoms with Gasteiger partial charge in [0, 0.05) is 18.4 Å². The van der Waals surface area contributed by atoms with Gasteiger partial charge in [-0.15, -0.1) is 0 Å². The van der Waals surface area contributed by atoms with Crippen molar-refractivity contribution in [3.05, 3.63) is 35.9 Å². The van der Waals surface area contributed by atoms with E-state index in [9.17, 15) is 9.59 Å². The zero-order valence-electron chi connectivity index (χ0n) is 8.62. The van der Waals surface area contributed by atoms with Crippen molar-refractivity contribution in [3.8, 4) is 0 Å². The normalized spacial score (nSPS) is 24.2. The van der Waals surface area contributed by atoms with Gasteiger partial charge in [-0.25, -0.2) is 0 Å². The fourth-order valence-electron chi connectivity index (χ4n) is 1.86. The van der Waals surface area contributed by atoms with Crippen molar-refractivity contribution in [2.45, 2.75) is 25.3 Å². The van der Waals surface area contributed by atoms with Crippen LogP contribution in [-0.4, -0.2) is 17.2 Å². The fraction of sp³-hybridized carbons (Fsp3) is 0.333. The van der Waals surface area contributed by atoms with Gasteiger partial charge >= 0.3 is 0 Å². The van der Waals surface area contributed by atoms with E-state index in [1.54, 1.807) is 12.1 Å². The van der Waals surface area contributed by atoms with Crippen molar-refractivity contribution in [1.29, 1.82) is 0 Å². The summed E-state index contributed by atoms with van der Waals surface area (Å²) in [5, 5.41) is 2.76. The molecule has 1 atom stereocenters. The minimum absolute atomic E-state index is 0.0263. The molecule has 2 rings (SSSR count). The predicted octanol–water partition coefficient (Wildman–Crippen LogP) is 1.54. The fourth-order valence-corrected chi connectivity index (χ4v) is 1.86. The molecule has 78 valence electrons. The number of ketones is 1. The standard InChI is InChI=1S/C12H13NO2/c1-12(8-11(15)13-12)7-10(14)9-5-3-2-4-6-9/h2-6H,7-8H2,1H3,(H,13,15). The average molecular weight is 203 g/mol. The van der Waals surface area contributed by atoms with E-state index in [4.69, 9.17) is 0 Å². The van der Waals surface area contributed by atoms with Crippen LogP contribution >= 0.6 is 0 Å². The van der Waals surface area contributed by atoms with Crippen molar-refractivity contribution < 1.29 is 9.59 Å². The van der Waals surface area contributed by atoms with Crippen LogP contribution < -0.4 is 5.32 Å². The van der Waals surface area contributed by atoms with Crippen LogP contribution in [-0.2, 0) is 4.79 Å². The molecule has 0 aromatic heterocycles. The minimum atomic E-state index is -0.329. The Kier molecular flexibility index (Phi) is 2.31. The van der Waals surface area contributed by atoms with Gasteiger partial charge in [-0.3, -0.25) is 9.59 Å². The number of hydrogen-bond donors (Lipinski definition) is 1. The summed E-state index contributed by atoms with van der Waals surface area (Å²) in [6.07, 6.45) is 0.828. The van der Waals surface area contributed by atoms with Crippen LogP contribution in [0.3, 0.4) is 0 Å². The highest BCUT2D eigenvalue weighted by Gasteiger charge is 2.39. The summed E-state index contributed by atoms with van der Waals surface area (Å²) in [4.78, 5) is 22.6. The van der Waals surface area contributed by atoms with Crippen molar-refractivity contribution in [3.63, 3.8) is 0 Å². The number of carbonyl (C=O) groups is 2.